The highest BCUT2D eigenvalue weighted by Crippen LogP contribution is 2.13. The Bertz CT molecular complexity index is 401. The molecule has 0 saturated carbocycles. The Morgan fingerprint density at radius 1 is 1.07 bits per heavy atom. The van der Waals surface area contributed by atoms with E-state index in [4.69, 9.17) is 4.42 Å². The molecule has 1 heterocycles. The first-order chi connectivity index (χ1) is 6.74. The lowest BCUT2D eigenvalue weighted by molar-refractivity contribution is 0.519. The first-order valence-corrected chi connectivity index (χ1v) is 4.21. The second-order valence-corrected chi connectivity index (χ2v) is 3.03. The standard InChI is InChI=1S/C11H8F2O/c12-9-4-8(5-10(13)7-9)6-11-2-1-3-14-11/h1-5,7H,6H2. The molecule has 0 N–H and O–H groups in total. The average molecular weight is 194 g/mol. The molecule has 0 amide bonds. The number of rotatable bonds is 2. The molecular formula is C11H8F2O. The summed E-state index contributed by atoms with van der Waals surface area (Å²) < 4.78 is 30.6. The molecule has 0 spiro atoms. The van der Waals surface area contributed by atoms with Crippen molar-refractivity contribution in [3.8, 4) is 0 Å². The highest BCUT2D eigenvalue weighted by atomic mass is 19.1. The van der Waals surface area contributed by atoms with Gasteiger partial charge >= 0.3 is 0 Å². The predicted octanol–water partition coefficient (Wildman–Crippen LogP) is 3.15. The van der Waals surface area contributed by atoms with Crippen molar-refractivity contribution in [2.45, 2.75) is 6.42 Å². The predicted molar refractivity (Wildman–Crippen MR) is 47.9 cm³/mol. The van der Waals surface area contributed by atoms with E-state index in [1.54, 1.807) is 12.1 Å². The van der Waals surface area contributed by atoms with Crippen molar-refractivity contribution in [3.63, 3.8) is 0 Å². The lowest BCUT2D eigenvalue weighted by Crippen LogP contribution is -1.89. The molecule has 0 bridgehead atoms. The molecule has 0 unspecified atom stereocenters. The smallest absolute Gasteiger partial charge is 0.126 e. The van der Waals surface area contributed by atoms with E-state index in [1.807, 2.05) is 0 Å². The normalized spacial score (nSPS) is 10.4. The molecular weight excluding hydrogens is 186 g/mol. The Morgan fingerprint density at radius 3 is 2.36 bits per heavy atom. The zero-order valence-corrected chi connectivity index (χ0v) is 7.34. The lowest BCUT2D eigenvalue weighted by atomic mass is 10.1. The van der Waals surface area contributed by atoms with Gasteiger partial charge in [-0.25, -0.2) is 8.78 Å². The molecule has 0 aliphatic carbocycles. The van der Waals surface area contributed by atoms with Crippen LogP contribution in [-0.2, 0) is 6.42 Å². The molecule has 1 aromatic heterocycles. The second kappa shape index (κ2) is 3.62. The summed E-state index contributed by atoms with van der Waals surface area (Å²) >= 11 is 0. The Morgan fingerprint density at radius 2 is 1.79 bits per heavy atom. The second-order valence-electron chi connectivity index (χ2n) is 3.03. The fraction of sp³-hybridized carbons (Fsp3) is 0.0909. The van der Waals surface area contributed by atoms with E-state index in [9.17, 15) is 8.78 Å². The van der Waals surface area contributed by atoms with Crippen molar-refractivity contribution in [3.05, 3.63) is 59.6 Å². The fourth-order valence-electron chi connectivity index (χ4n) is 1.33. The third kappa shape index (κ3) is 1.99. The van der Waals surface area contributed by atoms with Crippen LogP contribution in [0.5, 0.6) is 0 Å². The zero-order chi connectivity index (χ0) is 9.97. The molecule has 1 aromatic carbocycles. The summed E-state index contributed by atoms with van der Waals surface area (Å²) in [5.41, 5.74) is 0.567. The van der Waals surface area contributed by atoms with E-state index >= 15 is 0 Å². The van der Waals surface area contributed by atoms with Gasteiger partial charge in [-0.1, -0.05) is 0 Å². The third-order valence-electron chi connectivity index (χ3n) is 1.88. The van der Waals surface area contributed by atoms with Gasteiger partial charge in [-0.05, 0) is 29.8 Å². The van der Waals surface area contributed by atoms with Crippen molar-refractivity contribution in [2.75, 3.05) is 0 Å². The fourth-order valence-corrected chi connectivity index (χ4v) is 1.33. The van der Waals surface area contributed by atoms with Crippen LogP contribution >= 0.6 is 0 Å². The number of furan rings is 1. The van der Waals surface area contributed by atoms with E-state index in [0.29, 0.717) is 17.7 Å². The van der Waals surface area contributed by atoms with Crippen LogP contribution in [0.2, 0.25) is 0 Å². The molecule has 0 aliphatic heterocycles. The van der Waals surface area contributed by atoms with Gasteiger partial charge < -0.3 is 4.42 Å². The monoisotopic (exact) mass is 194 g/mol. The van der Waals surface area contributed by atoms with Gasteiger partial charge in [0, 0.05) is 12.5 Å². The minimum absolute atomic E-state index is 0.404. The Hall–Kier alpha value is -1.64. The first kappa shape index (κ1) is 8.94. The Balaban J connectivity index is 2.25. The molecule has 0 atom stereocenters. The number of benzene rings is 1. The molecule has 3 heteroatoms. The van der Waals surface area contributed by atoms with Gasteiger partial charge in [0.25, 0.3) is 0 Å². The van der Waals surface area contributed by atoms with Crippen LogP contribution in [0.1, 0.15) is 11.3 Å². The summed E-state index contributed by atoms with van der Waals surface area (Å²) in [6.45, 7) is 0. The SMILES string of the molecule is Fc1cc(F)cc(Cc2ccco2)c1. The van der Waals surface area contributed by atoms with E-state index in [1.165, 1.54) is 18.4 Å². The highest BCUT2D eigenvalue weighted by molar-refractivity contribution is 5.22. The van der Waals surface area contributed by atoms with Gasteiger partial charge in [-0.15, -0.1) is 0 Å². The zero-order valence-electron chi connectivity index (χ0n) is 7.34. The maximum absolute atomic E-state index is 12.8. The maximum Gasteiger partial charge on any atom is 0.126 e. The van der Waals surface area contributed by atoms with Crippen molar-refractivity contribution < 1.29 is 13.2 Å². The molecule has 2 aromatic rings. The van der Waals surface area contributed by atoms with Gasteiger partial charge in [-0.3, -0.25) is 0 Å². The molecule has 2 rings (SSSR count). The van der Waals surface area contributed by atoms with E-state index in [2.05, 4.69) is 0 Å². The number of halogens is 2. The number of hydrogen-bond acceptors (Lipinski definition) is 1. The summed E-state index contributed by atoms with van der Waals surface area (Å²) in [6.07, 6.45) is 1.94. The van der Waals surface area contributed by atoms with Crippen molar-refractivity contribution in [1.29, 1.82) is 0 Å². The van der Waals surface area contributed by atoms with Gasteiger partial charge in [0.2, 0.25) is 0 Å². The molecule has 0 radical (unpaired) electrons. The summed E-state index contributed by atoms with van der Waals surface area (Å²) in [5.74, 6) is -0.437. The van der Waals surface area contributed by atoms with Crippen molar-refractivity contribution in [1.82, 2.24) is 0 Å². The minimum Gasteiger partial charge on any atom is -0.469 e. The average Bonchev–Trinajstić information content (AvgIpc) is 2.54. The molecule has 0 saturated heterocycles. The lowest BCUT2D eigenvalue weighted by Gasteiger charge is -1.99. The minimum atomic E-state index is -0.563. The Labute approximate surface area is 80.0 Å². The number of hydrogen-bond donors (Lipinski definition) is 0. The molecule has 14 heavy (non-hydrogen) atoms. The third-order valence-corrected chi connectivity index (χ3v) is 1.88. The van der Waals surface area contributed by atoms with Gasteiger partial charge in [-0.2, -0.15) is 0 Å². The first-order valence-electron chi connectivity index (χ1n) is 4.21. The van der Waals surface area contributed by atoms with Crippen molar-refractivity contribution in [2.24, 2.45) is 0 Å². The topological polar surface area (TPSA) is 13.1 Å². The van der Waals surface area contributed by atoms with Crippen LogP contribution in [0.15, 0.2) is 41.0 Å². The quantitative estimate of drug-likeness (QED) is 0.715. The molecule has 72 valence electrons. The summed E-state index contributed by atoms with van der Waals surface area (Å²) in [5, 5.41) is 0. The summed E-state index contributed by atoms with van der Waals surface area (Å²) in [4.78, 5) is 0. The maximum atomic E-state index is 12.8. The molecule has 0 aliphatic rings. The van der Waals surface area contributed by atoms with Crippen LogP contribution in [0.4, 0.5) is 8.78 Å². The van der Waals surface area contributed by atoms with E-state index < -0.39 is 11.6 Å². The van der Waals surface area contributed by atoms with Crippen LogP contribution < -0.4 is 0 Å². The van der Waals surface area contributed by atoms with Gasteiger partial charge in [0.15, 0.2) is 0 Å². The van der Waals surface area contributed by atoms with Gasteiger partial charge in [0.1, 0.15) is 17.4 Å². The Kier molecular flexibility index (Phi) is 2.31. The van der Waals surface area contributed by atoms with Crippen LogP contribution in [0.3, 0.4) is 0 Å². The van der Waals surface area contributed by atoms with Crippen LogP contribution in [0, 0.1) is 11.6 Å². The van der Waals surface area contributed by atoms with Crippen LogP contribution in [-0.4, -0.2) is 0 Å². The van der Waals surface area contributed by atoms with Gasteiger partial charge in [0.05, 0.1) is 6.26 Å². The van der Waals surface area contributed by atoms with Crippen molar-refractivity contribution >= 4 is 0 Å². The molecule has 0 fully saturated rings. The summed E-state index contributed by atoms with van der Waals surface area (Å²) in [7, 11) is 0. The highest BCUT2D eigenvalue weighted by Gasteiger charge is 2.03. The van der Waals surface area contributed by atoms with E-state index in [0.717, 1.165) is 6.07 Å². The van der Waals surface area contributed by atoms with E-state index in [-0.39, 0.29) is 0 Å². The largest absolute Gasteiger partial charge is 0.469 e. The summed E-state index contributed by atoms with van der Waals surface area (Å²) in [6, 6.07) is 6.95. The molecule has 1 nitrogen and oxygen atoms in total. The van der Waals surface area contributed by atoms with Crippen LogP contribution in [0.25, 0.3) is 0 Å².